The lowest BCUT2D eigenvalue weighted by Crippen LogP contribution is -2.14. The molecule has 0 saturated carbocycles. The van der Waals surface area contributed by atoms with E-state index in [2.05, 4.69) is 25.5 Å². The molecule has 0 atom stereocenters. The number of hydrogen-bond donors (Lipinski definition) is 2. The van der Waals surface area contributed by atoms with E-state index in [4.69, 9.17) is 4.42 Å². The summed E-state index contributed by atoms with van der Waals surface area (Å²) < 4.78 is 6.89. The van der Waals surface area contributed by atoms with Gasteiger partial charge in [0.1, 0.15) is 17.4 Å². The third-order valence-electron chi connectivity index (χ3n) is 3.06. The standard InChI is InChI=1S/C12H14N6O2/c1-6-7(2)20-11(14-6)5-13-9-4-10-16-17-12(19)18(10)8(3)15-9/h4,13H,5H2,1-3H3,(H,17,19). The zero-order valence-corrected chi connectivity index (χ0v) is 11.4. The topological polar surface area (TPSA) is 101 Å². The number of aromatic amines is 1. The van der Waals surface area contributed by atoms with Crippen LogP contribution in [0.3, 0.4) is 0 Å². The van der Waals surface area contributed by atoms with E-state index >= 15 is 0 Å². The molecule has 2 N–H and O–H groups in total. The molecule has 0 aromatic carbocycles. The molecule has 3 heterocycles. The Hall–Kier alpha value is -2.64. The number of anilines is 1. The molecule has 0 aliphatic heterocycles. The number of nitrogens with one attached hydrogen (secondary N) is 2. The fourth-order valence-corrected chi connectivity index (χ4v) is 1.97. The van der Waals surface area contributed by atoms with Gasteiger partial charge in [-0.2, -0.15) is 5.10 Å². The number of fused-ring (bicyclic) bond motifs is 1. The van der Waals surface area contributed by atoms with Crippen molar-refractivity contribution in [1.29, 1.82) is 0 Å². The predicted molar refractivity (Wildman–Crippen MR) is 71.6 cm³/mol. The molecule has 3 aromatic heterocycles. The van der Waals surface area contributed by atoms with Crippen molar-refractivity contribution in [2.45, 2.75) is 27.3 Å². The molecule has 104 valence electrons. The Labute approximate surface area is 113 Å². The highest BCUT2D eigenvalue weighted by molar-refractivity contribution is 5.49. The summed E-state index contributed by atoms with van der Waals surface area (Å²) in [7, 11) is 0. The van der Waals surface area contributed by atoms with E-state index in [1.165, 1.54) is 4.40 Å². The number of H-pyrrole nitrogens is 1. The summed E-state index contributed by atoms with van der Waals surface area (Å²) in [5, 5.41) is 9.41. The van der Waals surface area contributed by atoms with Crippen molar-refractivity contribution in [3.63, 3.8) is 0 Å². The summed E-state index contributed by atoms with van der Waals surface area (Å²) in [5.74, 6) is 2.57. The first-order valence-corrected chi connectivity index (χ1v) is 6.16. The van der Waals surface area contributed by atoms with Crippen molar-refractivity contribution in [3.8, 4) is 0 Å². The molecular formula is C12H14N6O2. The van der Waals surface area contributed by atoms with Gasteiger partial charge in [-0.3, -0.25) is 0 Å². The van der Waals surface area contributed by atoms with Crippen LogP contribution in [-0.4, -0.2) is 24.6 Å². The molecule has 0 radical (unpaired) electrons. The smallest absolute Gasteiger partial charge is 0.349 e. The van der Waals surface area contributed by atoms with Crippen LogP contribution in [0.5, 0.6) is 0 Å². The maximum absolute atomic E-state index is 11.5. The van der Waals surface area contributed by atoms with Crippen molar-refractivity contribution in [2.75, 3.05) is 5.32 Å². The molecule has 3 rings (SSSR count). The highest BCUT2D eigenvalue weighted by Gasteiger charge is 2.09. The lowest BCUT2D eigenvalue weighted by Gasteiger charge is -2.04. The maximum atomic E-state index is 11.5. The number of aryl methyl sites for hydroxylation is 3. The molecule has 0 saturated heterocycles. The number of hydrogen-bond acceptors (Lipinski definition) is 6. The number of oxazole rings is 1. The van der Waals surface area contributed by atoms with Gasteiger partial charge in [-0.05, 0) is 20.8 Å². The Bertz CT molecular complexity index is 809. The van der Waals surface area contributed by atoms with Crippen molar-refractivity contribution in [2.24, 2.45) is 0 Å². The van der Waals surface area contributed by atoms with E-state index < -0.39 is 0 Å². The molecule has 0 unspecified atom stereocenters. The fraction of sp³-hybridized carbons (Fsp3) is 0.333. The molecule has 0 bridgehead atoms. The fourth-order valence-electron chi connectivity index (χ4n) is 1.97. The molecule has 0 aliphatic rings. The molecule has 20 heavy (non-hydrogen) atoms. The van der Waals surface area contributed by atoms with Crippen LogP contribution in [0.25, 0.3) is 5.65 Å². The molecule has 0 fully saturated rings. The van der Waals surface area contributed by atoms with Crippen molar-refractivity contribution in [1.82, 2.24) is 24.6 Å². The van der Waals surface area contributed by atoms with Crippen LogP contribution in [0.1, 0.15) is 23.2 Å². The summed E-state index contributed by atoms with van der Waals surface area (Å²) in [6.45, 7) is 5.93. The van der Waals surface area contributed by atoms with E-state index in [1.807, 2.05) is 13.8 Å². The number of aromatic nitrogens is 5. The number of nitrogens with zero attached hydrogens (tertiary/aromatic N) is 4. The van der Waals surface area contributed by atoms with Crippen LogP contribution in [0.4, 0.5) is 5.82 Å². The van der Waals surface area contributed by atoms with Crippen LogP contribution in [-0.2, 0) is 6.54 Å². The second-order valence-corrected chi connectivity index (χ2v) is 4.51. The highest BCUT2D eigenvalue weighted by Crippen LogP contribution is 2.12. The van der Waals surface area contributed by atoms with Gasteiger partial charge >= 0.3 is 5.69 Å². The first kappa shape index (κ1) is 12.4. The van der Waals surface area contributed by atoms with E-state index in [9.17, 15) is 4.79 Å². The lowest BCUT2D eigenvalue weighted by molar-refractivity contribution is 0.478. The van der Waals surface area contributed by atoms with E-state index in [1.54, 1.807) is 13.0 Å². The Morgan fingerprint density at radius 1 is 1.35 bits per heavy atom. The molecule has 3 aromatic rings. The quantitative estimate of drug-likeness (QED) is 0.737. The Kier molecular flexibility index (Phi) is 2.78. The summed E-state index contributed by atoms with van der Waals surface area (Å²) in [6, 6.07) is 1.69. The highest BCUT2D eigenvalue weighted by atomic mass is 16.4. The van der Waals surface area contributed by atoms with Gasteiger partial charge in [-0.25, -0.2) is 24.3 Å². The molecule has 0 amide bonds. The van der Waals surface area contributed by atoms with Gasteiger partial charge in [-0.15, -0.1) is 0 Å². The Morgan fingerprint density at radius 3 is 2.85 bits per heavy atom. The van der Waals surface area contributed by atoms with Gasteiger partial charge in [0.05, 0.1) is 12.2 Å². The van der Waals surface area contributed by atoms with Gasteiger partial charge in [0.25, 0.3) is 0 Å². The van der Waals surface area contributed by atoms with Gasteiger partial charge in [-0.1, -0.05) is 0 Å². The minimum Gasteiger partial charge on any atom is -0.444 e. The van der Waals surface area contributed by atoms with Crippen LogP contribution in [0.2, 0.25) is 0 Å². The second kappa shape index (κ2) is 4.48. The van der Waals surface area contributed by atoms with Gasteiger partial charge < -0.3 is 9.73 Å². The largest absolute Gasteiger partial charge is 0.444 e. The van der Waals surface area contributed by atoms with Crippen molar-refractivity contribution in [3.05, 3.63) is 39.7 Å². The van der Waals surface area contributed by atoms with E-state index in [0.29, 0.717) is 29.7 Å². The van der Waals surface area contributed by atoms with E-state index in [-0.39, 0.29) is 5.69 Å². The summed E-state index contributed by atoms with van der Waals surface area (Å²) in [5.41, 5.74) is 1.10. The van der Waals surface area contributed by atoms with E-state index in [0.717, 1.165) is 11.5 Å². The first-order chi connectivity index (χ1) is 9.54. The lowest BCUT2D eigenvalue weighted by atomic mass is 10.4. The molecule has 0 spiro atoms. The summed E-state index contributed by atoms with van der Waals surface area (Å²) >= 11 is 0. The van der Waals surface area contributed by atoms with Crippen molar-refractivity contribution >= 4 is 11.5 Å². The summed E-state index contributed by atoms with van der Waals surface area (Å²) in [4.78, 5) is 20.1. The third kappa shape index (κ3) is 2.04. The van der Waals surface area contributed by atoms with Crippen LogP contribution >= 0.6 is 0 Å². The van der Waals surface area contributed by atoms with Gasteiger partial charge in [0.2, 0.25) is 5.89 Å². The Morgan fingerprint density at radius 2 is 2.15 bits per heavy atom. The third-order valence-corrected chi connectivity index (χ3v) is 3.06. The van der Waals surface area contributed by atoms with Gasteiger partial charge in [0.15, 0.2) is 5.65 Å². The Balaban J connectivity index is 1.86. The first-order valence-electron chi connectivity index (χ1n) is 6.16. The van der Waals surface area contributed by atoms with Crippen LogP contribution in [0, 0.1) is 20.8 Å². The zero-order chi connectivity index (χ0) is 14.3. The average molecular weight is 274 g/mol. The molecule has 8 nitrogen and oxygen atoms in total. The second-order valence-electron chi connectivity index (χ2n) is 4.51. The normalized spacial score (nSPS) is 11.2. The monoisotopic (exact) mass is 274 g/mol. The molecular weight excluding hydrogens is 260 g/mol. The van der Waals surface area contributed by atoms with Crippen molar-refractivity contribution < 1.29 is 4.42 Å². The average Bonchev–Trinajstić information content (AvgIpc) is 2.92. The SMILES string of the molecule is Cc1nc(CNc2cc3n[nH]c(=O)n3c(C)n2)oc1C. The maximum Gasteiger partial charge on any atom is 0.349 e. The minimum absolute atomic E-state index is 0.296. The summed E-state index contributed by atoms with van der Waals surface area (Å²) in [6.07, 6.45) is 0. The van der Waals surface area contributed by atoms with Crippen LogP contribution < -0.4 is 11.0 Å². The van der Waals surface area contributed by atoms with Crippen LogP contribution in [0.15, 0.2) is 15.3 Å². The molecule has 8 heteroatoms. The predicted octanol–water partition coefficient (Wildman–Crippen LogP) is 0.943. The number of rotatable bonds is 3. The molecule has 0 aliphatic carbocycles. The minimum atomic E-state index is -0.296. The van der Waals surface area contributed by atoms with Gasteiger partial charge in [0, 0.05) is 6.07 Å². The zero-order valence-electron chi connectivity index (χ0n) is 11.4.